The molecule has 1 heterocycles. The fraction of sp³-hybridized carbons (Fsp3) is 0.364. The van der Waals surface area contributed by atoms with Gasteiger partial charge < -0.3 is 10.1 Å². The van der Waals surface area contributed by atoms with Gasteiger partial charge in [0.25, 0.3) is 0 Å². The molecule has 1 saturated heterocycles. The Kier molecular flexibility index (Phi) is 4.09. The molecule has 0 bridgehead atoms. The van der Waals surface area contributed by atoms with Crippen LogP contribution in [0, 0.1) is 0 Å². The van der Waals surface area contributed by atoms with Crippen LogP contribution in [-0.4, -0.2) is 30.9 Å². The van der Waals surface area contributed by atoms with Crippen molar-refractivity contribution in [2.45, 2.75) is 10.9 Å². The van der Waals surface area contributed by atoms with E-state index in [1.807, 2.05) is 24.3 Å². The molecule has 0 aromatic heterocycles. The summed E-state index contributed by atoms with van der Waals surface area (Å²) in [5.41, 5.74) is 0. The van der Waals surface area contributed by atoms with Gasteiger partial charge in [-0.3, -0.25) is 4.79 Å². The lowest BCUT2D eigenvalue weighted by atomic mass is 10.2. The van der Waals surface area contributed by atoms with Crippen molar-refractivity contribution < 1.29 is 9.53 Å². The molecule has 1 N–H and O–H groups in total. The molecule has 5 heteroatoms. The first-order valence-corrected chi connectivity index (χ1v) is 6.36. The minimum atomic E-state index is 0.0493. The molecule has 0 spiro atoms. The third kappa shape index (κ3) is 3.40. The van der Waals surface area contributed by atoms with Crippen molar-refractivity contribution >= 4 is 29.3 Å². The number of benzene rings is 1. The summed E-state index contributed by atoms with van der Waals surface area (Å²) in [6.45, 7) is 1.27. The van der Waals surface area contributed by atoms with E-state index in [9.17, 15) is 4.79 Å². The van der Waals surface area contributed by atoms with Crippen LogP contribution >= 0.6 is 23.4 Å². The molecule has 0 unspecified atom stereocenters. The predicted molar refractivity (Wildman–Crippen MR) is 64.9 cm³/mol. The van der Waals surface area contributed by atoms with E-state index in [0.29, 0.717) is 24.0 Å². The Bertz CT molecular complexity index is 365. The Morgan fingerprint density at radius 3 is 2.69 bits per heavy atom. The van der Waals surface area contributed by atoms with Crippen LogP contribution in [0.15, 0.2) is 29.2 Å². The van der Waals surface area contributed by atoms with Gasteiger partial charge >= 0.3 is 0 Å². The zero-order valence-corrected chi connectivity index (χ0v) is 10.2. The Morgan fingerprint density at radius 2 is 2.12 bits per heavy atom. The summed E-state index contributed by atoms with van der Waals surface area (Å²) in [5.74, 6) is 0.478. The second-order valence-electron chi connectivity index (χ2n) is 3.54. The molecular formula is C11H12ClNO2S. The summed E-state index contributed by atoms with van der Waals surface area (Å²) >= 11 is 7.27. The summed E-state index contributed by atoms with van der Waals surface area (Å²) in [6.07, 6.45) is 0. The molecule has 0 aliphatic carbocycles. The molecule has 1 fully saturated rings. The van der Waals surface area contributed by atoms with Crippen molar-refractivity contribution in [3.63, 3.8) is 0 Å². The molecule has 3 nitrogen and oxygen atoms in total. The maximum absolute atomic E-state index is 11.5. The fourth-order valence-corrected chi connectivity index (χ4v) is 2.10. The van der Waals surface area contributed by atoms with E-state index in [0.717, 1.165) is 4.90 Å². The number of nitrogens with one attached hydrogen (secondary N) is 1. The lowest BCUT2D eigenvalue weighted by Gasteiger charge is -2.26. The number of hydrogen-bond donors (Lipinski definition) is 1. The number of ether oxygens (including phenoxy) is 1. The standard InChI is InChI=1S/C11H12ClNO2S/c12-8-1-3-10(4-2-8)16-7-11(14)13-9-5-15-6-9/h1-4,9H,5-7H2,(H,13,14). The zero-order valence-electron chi connectivity index (χ0n) is 8.61. The smallest absolute Gasteiger partial charge is 0.230 e. The van der Waals surface area contributed by atoms with Crippen LogP contribution in [0.25, 0.3) is 0 Å². The highest BCUT2D eigenvalue weighted by Crippen LogP contribution is 2.20. The highest BCUT2D eigenvalue weighted by atomic mass is 35.5. The summed E-state index contributed by atoms with van der Waals surface area (Å²) in [4.78, 5) is 12.5. The quantitative estimate of drug-likeness (QED) is 0.838. The first-order valence-electron chi connectivity index (χ1n) is 4.99. The Hall–Kier alpha value is -0.710. The van der Waals surface area contributed by atoms with Gasteiger partial charge in [-0.2, -0.15) is 0 Å². The number of halogens is 1. The van der Waals surface area contributed by atoms with Crippen molar-refractivity contribution in [3.8, 4) is 0 Å². The van der Waals surface area contributed by atoms with Gasteiger partial charge in [0, 0.05) is 9.92 Å². The molecule has 1 aromatic carbocycles. The first kappa shape index (κ1) is 11.8. The van der Waals surface area contributed by atoms with Gasteiger partial charge in [-0.05, 0) is 24.3 Å². The van der Waals surface area contributed by atoms with E-state index < -0.39 is 0 Å². The van der Waals surface area contributed by atoms with E-state index in [4.69, 9.17) is 16.3 Å². The molecular weight excluding hydrogens is 246 g/mol. The van der Waals surface area contributed by atoms with E-state index in [1.165, 1.54) is 11.8 Å². The third-order valence-electron chi connectivity index (χ3n) is 2.19. The van der Waals surface area contributed by atoms with Crippen molar-refractivity contribution in [1.82, 2.24) is 5.32 Å². The normalized spacial score (nSPS) is 15.6. The minimum Gasteiger partial charge on any atom is -0.377 e. The molecule has 0 atom stereocenters. The van der Waals surface area contributed by atoms with E-state index in [2.05, 4.69) is 5.32 Å². The second-order valence-corrected chi connectivity index (χ2v) is 5.03. The molecule has 0 radical (unpaired) electrons. The van der Waals surface area contributed by atoms with Crippen LogP contribution in [0.5, 0.6) is 0 Å². The number of thioether (sulfide) groups is 1. The zero-order chi connectivity index (χ0) is 11.4. The van der Waals surface area contributed by atoms with Gasteiger partial charge in [0.15, 0.2) is 0 Å². The lowest BCUT2D eigenvalue weighted by Crippen LogP contribution is -2.49. The van der Waals surface area contributed by atoms with Gasteiger partial charge in [-0.15, -0.1) is 11.8 Å². The average molecular weight is 258 g/mol. The molecule has 86 valence electrons. The third-order valence-corrected chi connectivity index (χ3v) is 3.45. The van der Waals surface area contributed by atoms with E-state index in [1.54, 1.807) is 0 Å². The van der Waals surface area contributed by atoms with Gasteiger partial charge in [-0.25, -0.2) is 0 Å². The van der Waals surface area contributed by atoms with Crippen LogP contribution in [-0.2, 0) is 9.53 Å². The largest absolute Gasteiger partial charge is 0.377 e. The monoisotopic (exact) mass is 257 g/mol. The van der Waals surface area contributed by atoms with Gasteiger partial charge in [0.05, 0.1) is 25.0 Å². The topological polar surface area (TPSA) is 38.3 Å². The molecule has 1 aliphatic heterocycles. The second kappa shape index (κ2) is 5.57. The average Bonchev–Trinajstić information content (AvgIpc) is 2.23. The molecule has 1 aliphatic rings. The number of carbonyl (C=O) groups is 1. The van der Waals surface area contributed by atoms with Crippen LogP contribution in [0.2, 0.25) is 5.02 Å². The summed E-state index contributed by atoms with van der Waals surface area (Å²) in [6, 6.07) is 7.67. The van der Waals surface area contributed by atoms with Gasteiger partial charge in [0.1, 0.15) is 0 Å². The minimum absolute atomic E-state index is 0.0493. The fourth-order valence-electron chi connectivity index (χ4n) is 1.27. The number of hydrogen-bond acceptors (Lipinski definition) is 3. The summed E-state index contributed by atoms with van der Waals surface area (Å²) < 4.78 is 4.98. The molecule has 0 saturated carbocycles. The number of rotatable bonds is 4. The number of amides is 1. The SMILES string of the molecule is O=C(CSc1ccc(Cl)cc1)NC1COC1. The Morgan fingerprint density at radius 1 is 1.44 bits per heavy atom. The van der Waals surface area contributed by atoms with Gasteiger partial charge in [0.2, 0.25) is 5.91 Å². The van der Waals surface area contributed by atoms with E-state index in [-0.39, 0.29) is 11.9 Å². The van der Waals surface area contributed by atoms with Crippen molar-refractivity contribution in [3.05, 3.63) is 29.3 Å². The van der Waals surface area contributed by atoms with Crippen molar-refractivity contribution in [2.24, 2.45) is 0 Å². The van der Waals surface area contributed by atoms with Crippen LogP contribution in [0.1, 0.15) is 0 Å². The Balaban J connectivity index is 1.73. The van der Waals surface area contributed by atoms with Gasteiger partial charge in [-0.1, -0.05) is 11.6 Å². The van der Waals surface area contributed by atoms with Crippen molar-refractivity contribution in [1.29, 1.82) is 0 Å². The van der Waals surface area contributed by atoms with Crippen LogP contribution in [0.3, 0.4) is 0 Å². The summed E-state index contributed by atoms with van der Waals surface area (Å²) in [5, 5.41) is 3.60. The lowest BCUT2D eigenvalue weighted by molar-refractivity contribution is -0.122. The molecule has 2 rings (SSSR count). The highest BCUT2D eigenvalue weighted by molar-refractivity contribution is 8.00. The van der Waals surface area contributed by atoms with Crippen molar-refractivity contribution in [2.75, 3.05) is 19.0 Å². The summed E-state index contributed by atoms with van der Waals surface area (Å²) in [7, 11) is 0. The molecule has 1 aromatic rings. The maximum atomic E-state index is 11.5. The maximum Gasteiger partial charge on any atom is 0.230 e. The number of carbonyl (C=O) groups excluding carboxylic acids is 1. The first-order chi connectivity index (χ1) is 7.74. The highest BCUT2D eigenvalue weighted by Gasteiger charge is 2.19. The van der Waals surface area contributed by atoms with E-state index >= 15 is 0 Å². The molecule has 16 heavy (non-hydrogen) atoms. The van der Waals surface area contributed by atoms with Crippen LogP contribution < -0.4 is 5.32 Å². The van der Waals surface area contributed by atoms with Crippen LogP contribution in [0.4, 0.5) is 0 Å². The predicted octanol–water partition coefficient (Wildman–Crippen LogP) is 1.95. The molecule has 1 amide bonds. The Labute approximate surface area is 104 Å².